The summed E-state index contributed by atoms with van der Waals surface area (Å²) in [6, 6.07) is 0. The van der Waals surface area contributed by atoms with Crippen molar-refractivity contribution in [2.75, 3.05) is 0 Å². The molecule has 0 spiro atoms. The number of carbonyl (C=O) groups is 2. The highest BCUT2D eigenvalue weighted by Crippen LogP contribution is 2.67. The van der Waals surface area contributed by atoms with Gasteiger partial charge in [0.05, 0.1) is 18.4 Å². The van der Waals surface area contributed by atoms with Crippen LogP contribution >= 0.6 is 0 Å². The zero-order valence-electron chi connectivity index (χ0n) is 23.4. The maximum atomic E-state index is 12.1. The van der Waals surface area contributed by atoms with E-state index in [9.17, 15) is 14.7 Å². The van der Waals surface area contributed by atoms with Crippen LogP contribution in [0.4, 0.5) is 0 Å². The first-order chi connectivity index (χ1) is 16.8. The molecule has 4 aliphatic rings. The molecular weight excluding hydrogens is 452 g/mol. The van der Waals surface area contributed by atoms with Crippen molar-refractivity contribution < 1.29 is 24.5 Å². The molecule has 4 rings (SSSR count). The lowest BCUT2D eigenvalue weighted by Gasteiger charge is -2.58. The summed E-state index contributed by atoms with van der Waals surface area (Å²) in [4.78, 5) is 22.9. The first-order valence-corrected chi connectivity index (χ1v) is 14.7. The van der Waals surface area contributed by atoms with Crippen molar-refractivity contribution in [3.8, 4) is 0 Å². The number of aliphatic hydroxyl groups is 1. The smallest absolute Gasteiger partial charge is 0.306 e. The van der Waals surface area contributed by atoms with E-state index in [0.29, 0.717) is 5.41 Å². The quantitative estimate of drug-likeness (QED) is 0.264. The third-order valence-electron chi connectivity index (χ3n) is 11.1. The fraction of sp³-hybridized carbons (Fsp3) is 0.871. The molecule has 4 aliphatic carbocycles. The van der Waals surface area contributed by atoms with Crippen LogP contribution in [0, 0.1) is 40.4 Å². The van der Waals surface area contributed by atoms with Gasteiger partial charge in [0.15, 0.2) is 0 Å². The topological polar surface area (TPSA) is 83.8 Å². The van der Waals surface area contributed by atoms with Gasteiger partial charge in [0.1, 0.15) is 6.10 Å². The van der Waals surface area contributed by atoms with Crippen molar-refractivity contribution in [1.29, 1.82) is 0 Å². The number of carboxylic acid groups (broad SMARTS) is 1. The van der Waals surface area contributed by atoms with Crippen molar-refractivity contribution >= 4 is 11.9 Å². The van der Waals surface area contributed by atoms with E-state index in [-0.39, 0.29) is 30.3 Å². The van der Waals surface area contributed by atoms with Crippen molar-refractivity contribution in [3.05, 3.63) is 11.6 Å². The van der Waals surface area contributed by atoms with Gasteiger partial charge in [0.2, 0.25) is 0 Å². The Morgan fingerprint density at radius 2 is 1.86 bits per heavy atom. The fourth-order valence-electron chi connectivity index (χ4n) is 9.22. The van der Waals surface area contributed by atoms with Gasteiger partial charge >= 0.3 is 11.9 Å². The van der Waals surface area contributed by atoms with Crippen LogP contribution in [0.25, 0.3) is 0 Å². The minimum Gasteiger partial charge on any atom is -0.481 e. The maximum Gasteiger partial charge on any atom is 0.306 e. The first-order valence-electron chi connectivity index (χ1n) is 14.7. The van der Waals surface area contributed by atoms with Gasteiger partial charge in [-0.2, -0.15) is 0 Å². The molecule has 0 saturated heterocycles. The number of rotatable bonds is 9. The van der Waals surface area contributed by atoms with E-state index < -0.39 is 11.6 Å². The Morgan fingerprint density at radius 3 is 2.56 bits per heavy atom. The molecule has 5 heteroatoms. The van der Waals surface area contributed by atoms with Crippen LogP contribution in [0.5, 0.6) is 0 Å². The number of allylic oxidation sites excluding steroid dienone is 1. The Bertz CT molecular complexity index is 856. The van der Waals surface area contributed by atoms with Crippen molar-refractivity contribution in [1.82, 2.24) is 0 Å². The number of fused-ring (bicyclic) bond motifs is 5. The second kappa shape index (κ2) is 10.4. The van der Waals surface area contributed by atoms with Gasteiger partial charge in [-0.05, 0) is 106 Å². The second-order valence-electron chi connectivity index (χ2n) is 13.9. The molecule has 8 unspecified atom stereocenters. The molecule has 36 heavy (non-hydrogen) atoms. The lowest BCUT2D eigenvalue weighted by atomic mass is 9.47. The lowest BCUT2D eigenvalue weighted by molar-refractivity contribution is -0.154. The molecule has 0 heterocycles. The summed E-state index contributed by atoms with van der Waals surface area (Å²) in [5, 5.41) is 19.0. The van der Waals surface area contributed by atoms with Crippen LogP contribution in [-0.2, 0) is 14.3 Å². The van der Waals surface area contributed by atoms with Gasteiger partial charge in [0.25, 0.3) is 0 Å². The Labute approximate surface area is 218 Å². The third kappa shape index (κ3) is 5.56. The summed E-state index contributed by atoms with van der Waals surface area (Å²) in [5.74, 6) is 2.48. The van der Waals surface area contributed by atoms with Crippen LogP contribution in [0.3, 0.4) is 0 Å². The molecule has 3 fully saturated rings. The van der Waals surface area contributed by atoms with E-state index in [2.05, 4.69) is 26.8 Å². The molecule has 2 N–H and O–H groups in total. The van der Waals surface area contributed by atoms with Crippen LogP contribution in [-0.4, -0.2) is 33.9 Å². The molecule has 0 bridgehead atoms. The number of carbonyl (C=O) groups excluding carboxylic acids is 1. The standard InChI is InChI=1S/C31H50O5/c1-20(7-6-16-29(2,3)35)24-10-11-25-23-9-8-21-19-22(36-28(34)13-12-27(32)33)14-17-30(21,4)26(23)15-18-31(24,25)5/h8,20,22-26,35H,6-7,9-19H2,1-5H3,(H,32,33). The summed E-state index contributed by atoms with van der Waals surface area (Å²) in [6.07, 6.45) is 14.7. The SMILES string of the molecule is CC(CCCC(C)(C)O)C1CCC2C3CC=C4CC(OC(=O)CCC(=O)O)CCC4(C)C3CCC12C. The van der Waals surface area contributed by atoms with E-state index in [0.717, 1.165) is 68.1 Å². The fourth-order valence-corrected chi connectivity index (χ4v) is 9.22. The van der Waals surface area contributed by atoms with Crippen LogP contribution in [0.1, 0.15) is 118 Å². The molecule has 0 aromatic rings. The molecule has 3 saturated carbocycles. The van der Waals surface area contributed by atoms with E-state index in [1.807, 2.05) is 13.8 Å². The number of ether oxygens (including phenoxy) is 1. The summed E-state index contributed by atoms with van der Waals surface area (Å²) < 4.78 is 5.69. The van der Waals surface area contributed by atoms with Crippen LogP contribution in [0.2, 0.25) is 0 Å². The van der Waals surface area contributed by atoms with Gasteiger partial charge in [-0.3, -0.25) is 9.59 Å². The minimum atomic E-state index is -0.953. The van der Waals surface area contributed by atoms with Crippen LogP contribution in [0.15, 0.2) is 11.6 Å². The summed E-state index contributed by atoms with van der Waals surface area (Å²) in [7, 11) is 0. The van der Waals surface area contributed by atoms with Gasteiger partial charge < -0.3 is 14.9 Å². The number of carboxylic acids is 1. The molecule has 0 amide bonds. The Morgan fingerprint density at radius 1 is 1.11 bits per heavy atom. The molecule has 204 valence electrons. The summed E-state index contributed by atoms with van der Waals surface area (Å²) in [5.41, 5.74) is 1.58. The predicted molar refractivity (Wildman–Crippen MR) is 141 cm³/mol. The maximum absolute atomic E-state index is 12.1. The van der Waals surface area contributed by atoms with E-state index in [4.69, 9.17) is 9.84 Å². The molecule has 0 aromatic heterocycles. The van der Waals surface area contributed by atoms with Crippen molar-refractivity contribution in [2.24, 2.45) is 40.4 Å². The van der Waals surface area contributed by atoms with E-state index >= 15 is 0 Å². The van der Waals surface area contributed by atoms with Gasteiger partial charge in [-0.15, -0.1) is 0 Å². The number of esters is 1. The van der Waals surface area contributed by atoms with Gasteiger partial charge in [-0.1, -0.05) is 45.3 Å². The average molecular weight is 503 g/mol. The van der Waals surface area contributed by atoms with E-state index in [1.165, 1.54) is 37.7 Å². The normalized spacial score (nSPS) is 38.8. The lowest BCUT2D eigenvalue weighted by Crippen LogP contribution is -2.51. The second-order valence-corrected chi connectivity index (χ2v) is 13.9. The number of aliphatic carboxylic acids is 1. The Hall–Kier alpha value is -1.36. The molecule has 0 aromatic carbocycles. The van der Waals surface area contributed by atoms with Gasteiger partial charge in [-0.25, -0.2) is 0 Å². The Kier molecular flexibility index (Phi) is 8.01. The van der Waals surface area contributed by atoms with Crippen molar-refractivity contribution in [3.63, 3.8) is 0 Å². The number of hydrogen-bond donors (Lipinski definition) is 2. The third-order valence-corrected chi connectivity index (χ3v) is 11.1. The highest BCUT2D eigenvalue weighted by molar-refractivity contribution is 5.76. The summed E-state index contributed by atoms with van der Waals surface area (Å²) >= 11 is 0. The first kappa shape index (κ1) is 27.7. The summed E-state index contributed by atoms with van der Waals surface area (Å²) in [6.45, 7) is 11.4. The Balaban J connectivity index is 1.40. The molecule has 5 nitrogen and oxygen atoms in total. The zero-order chi connectivity index (χ0) is 26.3. The highest BCUT2D eigenvalue weighted by Gasteiger charge is 2.59. The van der Waals surface area contributed by atoms with Crippen LogP contribution < -0.4 is 0 Å². The molecule has 0 radical (unpaired) electrons. The zero-order valence-corrected chi connectivity index (χ0v) is 23.4. The average Bonchev–Trinajstić information content (AvgIpc) is 3.14. The minimum absolute atomic E-state index is 0.0372. The highest BCUT2D eigenvalue weighted by atomic mass is 16.5. The predicted octanol–water partition coefficient (Wildman–Crippen LogP) is 6.92. The molecular formula is C31H50O5. The van der Waals surface area contributed by atoms with Gasteiger partial charge in [0, 0.05) is 6.42 Å². The molecule has 0 aliphatic heterocycles. The monoisotopic (exact) mass is 502 g/mol. The van der Waals surface area contributed by atoms with Crippen molar-refractivity contribution in [2.45, 2.75) is 130 Å². The number of hydrogen-bond acceptors (Lipinski definition) is 4. The largest absolute Gasteiger partial charge is 0.481 e. The van der Waals surface area contributed by atoms with E-state index in [1.54, 1.807) is 0 Å². The molecule has 8 atom stereocenters.